The van der Waals surface area contributed by atoms with Crippen LogP contribution in [0.3, 0.4) is 0 Å². The standard InChI is InChI=1S/C9H7FN/c1-2-7-3-4-9(10)5-8(7)6-11/h3-5H,1-2H2. The third-order valence-corrected chi connectivity index (χ3v) is 1.46. The lowest BCUT2D eigenvalue weighted by Gasteiger charge is -1.97. The molecule has 0 heterocycles. The molecule has 0 unspecified atom stereocenters. The third kappa shape index (κ3) is 1.56. The lowest BCUT2D eigenvalue weighted by molar-refractivity contribution is 0.626. The summed E-state index contributed by atoms with van der Waals surface area (Å²) >= 11 is 0. The van der Waals surface area contributed by atoms with Crippen LogP contribution in [0.1, 0.15) is 11.1 Å². The molecule has 0 spiro atoms. The number of hydrogen-bond donors (Lipinski definition) is 0. The van der Waals surface area contributed by atoms with E-state index in [1.807, 2.05) is 6.07 Å². The van der Waals surface area contributed by atoms with Gasteiger partial charge in [0, 0.05) is 0 Å². The van der Waals surface area contributed by atoms with Crippen molar-refractivity contribution in [3.63, 3.8) is 0 Å². The SMILES string of the molecule is [CH2]Cc1ccc(F)cc1C#N. The molecule has 0 aliphatic rings. The second-order valence-corrected chi connectivity index (χ2v) is 2.16. The van der Waals surface area contributed by atoms with E-state index < -0.39 is 0 Å². The Morgan fingerprint density at radius 3 is 2.82 bits per heavy atom. The van der Waals surface area contributed by atoms with Gasteiger partial charge in [0.15, 0.2) is 0 Å². The molecule has 1 aromatic carbocycles. The van der Waals surface area contributed by atoms with Gasteiger partial charge in [-0.3, -0.25) is 0 Å². The van der Waals surface area contributed by atoms with Crippen LogP contribution in [0.15, 0.2) is 18.2 Å². The first kappa shape index (κ1) is 7.74. The molecule has 0 aliphatic carbocycles. The van der Waals surface area contributed by atoms with E-state index in [-0.39, 0.29) is 5.82 Å². The van der Waals surface area contributed by atoms with Crippen LogP contribution >= 0.6 is 0 Å². The fourth-order valence-corrected chi connectivity index (χ4v) is 0.871. The topological polar surface area (TPSA) is 23.8 Å². The molecule has 1 aromatic rings. The van der Waals surface area contributed by atoms with Crippen molar-refractivity contribution < 1.29 is 4.39 Å². The average molecular weight is 148 g/mol. The molecule has 0 atom stereocenters. The Kier molecular flexibility index (Phi) is 2.22. The maximum absolute atomic E-state index is 12.5. The van der Waals surface area contributed by atoms with Crippen molar-refractivity contribution in [3.8, 4) is 6.07 Å². The molecule has 0 N–H and O–H groups in total. The lowest BCUT2D eigenvalue weighted by Crippen LogP contribution is -1.88. The van der Waals surface area contributed by atoms with E-state index in [1.54, 1.807) is 6.07 Å². The zero-order chi connectivity index (χ0) is 8.27. The highest BCUT2D eigenvalue weighted by Crippen LogP contribution is 2.09. The van der Waals surface area contributed by atoms with Crippen LogP contribution in [0.25, 0.3) is 0 Å². The number of rotatable bonds is 1. The van der Waals surface area contributed by atoms with Gasteiger partial charge >= 0.3 is 0 Å². The Hall–Kier alpha value is -1.36. The highest BCUT2D eigenvalue weighted by molar-refractivity contribution is 5.38. The molecule has 0 fully saturated rings. The highest BCUT2D eigenvalue weighted by atomic mass is 19.1. The minimum absolute atomic E-state index is 0.375. The van der Waals surface area contributed by atoms with E-state index in [9.17, 15) is 4.39 Å². The quantitative estimate of drug-likeness (QED) is 0.598. The molecule has 11 heavy (non-hydrogen) atoms. The van der Waals surface area contributed by atoms with E-state index in [0.29, 0.717) is 12.0 Å². The van der Waals surface area contributed by atoms with Crippen LogP contribution in [0.5, 0.6) is 0 Å². The summed E-state index contributed by atoms with van der Waals surface area (Å²) < 4.78 is 12.5. The summed E-state index contributed by atoms with van der Waals surface area (Å²) in [6, 6.07) is 6.05. The van der Waals surface area contributed by atoms with Crippen molar-refractivity contribution in [2.24, 2.45) is 0 Å². The molecule has 0 bridgehead atoms. The van der Waals surface area contributed by atoms with Gasteiger partial charge in [-0.05, 0) is 31.0 Å². The van der Waals surface area contributed by atoms with Gasteiger partial charge in [0.25, 0.3) is 0 Å². The van der Waals surface area contributed by atoms with E-state index >= 15 is 0 Å². The summed E-state index contributed by atoms with van der Waals surface area (Å²) in [7, 11) is 0. The largest absolute Gasteiger partial charge is 0.207 e. The van der Waals surface area contributed by atoms with E-state index in [0.717, 1.165) is 5.56 Å². The second-order valence-electron chi connectivity index (χ2n) is 2.16. The molecular weight excluding hydrogens is 141 g/mol. The maximum atomic E-state index is 12.5. The van der Waals surface area contributed by atoms with Crippen molar-refractivity contribution in [1.29, 1.82) is 5.26 Å². The fourth-order valence-electron chi connectivity index (χ4n) is 0.871. The Bertz CT molecular complexity index is 299. The summed E-state index contributed by atoms with van der Waals surface area (Å²) in [5.74, 6) is -0.376. The Morgan fingerprint density at radius 1 is 1.55 bits per heavy atom. The number of hydrogen-bond acceptors (Lipinski definition) is 1. The Morgan fingerprint density at radius 2 is 2.27 bits per heavy atom. The first-order valence-electron chi connectivity index (χ1n) is 3.25. The molecule has 2 heteroatoms. The van der Waals surface area contributed by atoms with Gasteiger partial charge < -0.3 is 0 Å². The number of nitriles is 1. The van der Waals surface area contributed by atoms with Gasteiger partial charge in [0.1, 0.15) is 5.82 Å². The normalized spacial score (nSPS) is 9.18. The fraction of sp³-hybridized carbons (Fsp3) is 0.111. The number of halogens is 1. The summed E-state index contributed by atoms with van der Waals surface area (Å²) in [4.78, 5) is 0. The van der Waals surface area contributed by atoms with Crippen LogP contribution in [-0.2, 0) is 6.42 Å². The van der Waals surface area contributed by atoms with Crippen molar-refractivity contribution in [3.05, 3.63) is 42.1 Å². The molecule has 0 saturated carbocycles. The number of nitrogens with zero attached hydrogens (tertiary/aromatic N) is 1. The van der Waals surface area contributed by atoms with Gasteiger partial charge in [-0.15, -0.1) is 0 Å². The molecule has 55 valence electrons. The molecule has 0 saturated heterocycles. The van der Waals surface area contributed by atoms with Crippen molar-refractivity contribution in [1.82, 2.24) is 0 Å². The molecule has 0 aromatic heterocycles. The van der Waals surface area contributed by atoms with E-state index in [1.165, 1.54) is 12.1 Å². The molecule has 0 aliphatic heterocycles. The van der Waals surface area contributed by atoms with Crippen LogP contribution in [0.2, 0.25) is 0 Å². The number of benzene rings is 1. The van der Waals surface area contributed by atoms with Crippen molar-refractivity contribution in [2.45, 2.75) is 6.42 Å². The smallest absolute Gasteiger partial charge is 0.124 e. The summed E-state index contributed by atoms with van der Waals surface area (Å²) in [5.41, 5.74) is 1.16. The van der Waals surface area contributed by atoms with E-state index in [2.05, 4.69) is 6.92 Å². The minimum atomic E-state index is -0.376. The van der Waals surface area contributed by atoms with Gasteiger partial charge in [-0.25, -0.2) is 4.39 Å². The van der Waals surface area contributed by atoms with Crippen molar-refractivity contribution >= 4 is 0 Å². The Balaban J connectivity index is 3.19. The zero-order valence-corrected chi connectivity index (χ0v) is 5.97. The average Bonchev–Trinajstić information content (AvgIpc) is 2.04. The van der Waals surface area contributed by atoms with Crippen LogP contribution < -0.4 is 0 Å². The zero-order valence-electron chi connectivity index (χ0n) is 5.97. The minimum Gasteiger partial charge on any atom is -0.207 e. The van der Waals surface area contributed by atoms with Crippen LogP contribution in [0, 0.1) is 24.1 Å². The second kappa shape index (κ2) is 3.16. The third-order valence-electron chi connectivity index (χ3n) is 1.46. The summed E-state index contributed by atoms with van der Waals surface area (Å²) in [6.07, 6.45) is 0.517. The predicted molar refractivity (Wildman–Crippen MR) is 40.2 cm³/mol. The van der Waals surface area contributed by atoms with Gasteiger partial charge in [-0.1, -0.05) is 6.07 Å². The summed E-state index contributed by atoms with van der Waals surface area (Å²) in [5, 5.41) is 8.53. The first-order chi connectivity index (χ1) is 5.27. The highest BCUT2D eigenvalue weighted by Gasteiger charge is 1.99. The molecular formula is C9H7FN. The van der Waals surface area contributed by atoms with Crippen LogP contribution in [-0.4, -0.2) is 0 Å². The first-order valence-corrected chi connectivity index (χ1v) is 3.25. The predicted octanol–water partition coefficient (Wildman–Crippen LogP) is 2.07. The van der Waals surface area contributed by atoms with Crippen LogP contribution in [0.4, 0.5) is 4.39 Å². The molecule has 1 nitrogen and oxygen atoms in total. The molecule has 0 amide bonds. The monoisotopic (exact) mass is 148 g/mol. The summed E-state index contributed by atoms with van der Waals surface area (Å²) in [6.45, 7) is 3.62. The maximum Gasteiger partial charge on any atom is 0.124 e. The Labute approximate surface area is 65.1 Å². The van der Waals surface area contributed by atoms with E-state index in [4.69, 9.17) is 5.26 Å². The van der Waals surface area contributed by atoms with Gasteiger partial charge in [0.05, 0.1) is 11.6 Å². The molecule has 1 rings (SSSR count). The van der Waals surface area contributed by atoms with Gasteiger partial charge in [0.2, 0.25) is 0 Å². The lowest BCUT2D eigenvalue weighted by atomic mass is 10.1. The molecule has 1 radical (unpaired) electrons. The van der Waals surface area contributed by atoms with Crippen molar-refractivity contribution in [2.75, 3.05) is 0 Å². The van der Waals surface area contributed by atoms with Gasteiger partial charge in [-0.2, -0.15) is 5.26 Å².